The van der Waals surface area contributed by atoms with Crippen molar-refractivity contribution < 1.29 is 13.2 Å². The molecule has 2 aliphatic rings. The van der Waals surface area contributed by atoms with Crippen LogP contribution in [0, 0.1) is 6.92 Å². The van der Waals surface area contributed by atoms with E-state index in [0.717, 1.165) is 31.9 Å². The number of anilines is 2. The highest BCUT2D eigenvalue weighted by Crippen LogP contribution is 2.25. The summed E-state index contributed by atoms with van der Waals surface area (Å²) in [5.41, 5.74) is 3.30. The first-order chi connectivity index (χ1) is 14.4. The van der Waals surface area contributed by atoms with Crippen molar-refractivity contribution in [2.24, 2.45) is 0 Å². The van der Waals surface area contributed by atoms with Gasteiger partial charge in [-0.3, -0.25) is 9.69 Å². The van der Waals surface area contributed by atoms with Crippen molar-refractivity contribution in [3.8, 4) is 0 Å². The Hall–Kier alpha value is -2.38. The Morgan fingerprint density at radius 1 is 1.00 bits per heavy atom. The number of carbonyl (C=O) groups is 1. The maximum Gasteiger partial charge on any atom is 0.241 e. The molecule has 0 bridgehead atoms. The lowest BCUT2D eigenvalue weighted by molar-refractivity contribution is -0.120. The van der Waals surface area contributed by atoms with Gasteiger partial charge in [-0.1, -0.05) is 36.4 Å². The van der Waals surface area contributed by atoms with E-state index in [0.29, 0.717) is 13.0 Å². The third-order valence-corrected chi connectivity index (χ3v) is 7.81. The lowest BCUT2D eigenvalue weighted by Crippen LogP contribution is -2.52. The second kappa shape index (κ2) is 8.78. The van der Waals surface area contributed by atoms with Crippen LogP contribution < -0.4 is 9.80 Å². The fraction of sp³-hybridized carbons (Fsp3) is 0.435. The number of rotatable bonds is 5. The van der Waals surface area contributed by atoms with Crippen LogP contribution in [0.2, 0.25) is 0 Å². The molecule has 0 unspecified atom stereocenters. The third kappa shape index (κ3) is 4.68. The van der Waals surface area contributed by atoms with Gasteiger partial charge in [0.05, 0.1) is 24.1 Å². The molecule has 0 saturated carbocycles. The van der Waals surface area contributed by atoms with Crippen molar-refractivity contribution in [3.63, 3.8) is 0 Å². The minimum atomic E-state index is -3.07. The minimum Gasteiger partial charge on any atom is -0.369 e. The van der Waals surface area contributed by atoms with Gasteiger partial charge in [-0.05, 0) is 37.1 Å². The first kappa shape index (κ1) is 20.9. The highest BCUT2D eigenvalue weighted by molar-refractivity contribution is 7.91. The number of piperazine rings is 1. The average molecular weight is 428 g/mol. The van der Waals surface area contributed by atoms with Crippen molar-refractivity contribution in [1.82, 2.24) is 4.90 Å². The topological polar surface area (TPSA) is 60.9 Å². The Bertz CT molecular complexity index is 986. The van der Waals surface area contributed by atoms with Crippen LogP contribution in [0.4, 0.5) is 11.4 Å². The molecule has 0 radical (unpaired) electrons. The molecule has 30 heavy (non-hydrogen) atoms. The molecule has 2 heterocycles. The fourth-order valence-corrected chi connectivity index (χ4v) is 6.16. The molecule has 6 nitrogen and oxygen atoms in total. The van der Waals surface area contributed by atoms with Gasteiger partial charge < -0.3 is 9.80 Å². The van der Waals surface area contributed by atoms with E-state index in [1.807, 2.05) is 30.3 Å². The zero-order valence-corrected chi connectivity index (χ0v) is 18.2. The number of benzene rings is 2. The summed E-state index contributed by atoms with van der Waals surface area (Å²) in [7, 11) is -3.07. The molecule has 2 aromatic rings. The molecular weight excluding hydrogens is 398 g/mol. The first-order valence-corrected chi connectivity index (χ1v) is 12.4. The quantitative estimate of drug-likeness (QED) is 0.733. The van der Waals surface area contributed by atoms with E-state index >= 15 is 0 Å². The zero-order chi connectivity index (χ0) is 21.1. The third-order valence-electron chi connectivity index (χ3n) is 6.06. The molecule has 1 atom stereocenters. The van der Waals surface area contributed by atoms with Crippen LogP contribution in [0.1, 0.15) is 12.0 Å². The van der Waals surface area contributed by atoms with Gasteiger partial charge in [0.25, 0.3) is 0 Å². The maximum atomic E-state index is 13.3. The molecule has 0 aromatic heterocycles. The molecule has 2 fully saturated rings. The van der Waals surface area contributed by atoms with Crippen LogP contribution in [-0.2, 0) is 14.6 Å². The van der Waals surface area contributed by atoms with Crippen LogP contribution in [-0.4, -0.2) is 69.5 Å². The molecule has 7 heteroatoms. The highest BCUT2D eigenvalue weighted by atomic mass is 32.2. The SMILES string of the molecule is Cc1ccccc1N1CCN(CC(=O)N(c2ccccc2)[C@H]2CCS(=O)(=O)C2)CC1. The Labute approximate surface area is 179 Å². The molecule has 0 spiro atoms. The summed E-state index contributed by atoms with van der Waals surface area (Å²) >= 11 is 0. The monoisotopic (exact) mass is 427 g/mol. The van der Waals surface area contributed by atoms with E-state index in [9.17, 15) is 13.2 Å². The predicted molar refractivity (Wildman–Crippen MR) is 121 cm³/mol. The molecule has 160 valence electrons. The second-order valence-corrected chi connectivity index (χ2v) is 10.4. The van der Waals surface area contributed by atoms with E-state index in [4.69, 9.17) is 0 Å². The predicted octanol–water partition coefficient (Wildman–Crippen LogP) is 2.34. The lowest BCUT2D eigenvalue weighted by atomic mass is 10.1. The molecule has 0 aliphatic carbocycles. The van der Waals surface area contributed by atoms with Gasteiger partial charge in [-0.15, -0.1) is 0 Å². The van der Waals surface area contributed by atoms with Crippen molar-refractivity contribution in [1.29, 1.82) is 0 Å². The number of hydrogen-bond acceptors (Lipinski definition) is 5. The molecule has 1 amide bonds. The number of hydrogen-bond donors (Lipinski definition) is 0. The van der Waals surface area contributed by atoms with Crippen LogP contribution in [0.5, 0.6) is 0 Å². The van der Waals surface area contributed by atoms with Crippen LogP contribution in [0.3, 0.4) is 0 Å². The van der Waals surface area contributed by atoms with Crippen molar-refractivity contribution >= 4 is 27.1 Å². The summed E-state index contributed by atoms with van der Waals surface area (Å²) in [6.45, 7) is 5.81. The van der Waals surface area contributed by atoms with Gasteiger partial charge in [-0.2, -0.15) is 0 Å². The largest absolute Gasteiger partial charge is 0.369 e. The number of aryl methyl sites for hydroxylation is 1. The second-order valence-electron chi connectivity index (χ2n) is 8.21. The number of nitrogens with zero attached hydrogens (tertiary/aromatic N) is 3. The summed E-state index contributed by atoms with van der Waals surface area (Å²) in [6.07, 6.45) is 0.504. The summed E-state index contributed by atoms with van der Waals surface area (Å²) in [4.78, 5) is 19.6. The molecule has 2 aromatic carbocycles. The number of amides is 1. The van der Waals surface area contributed by atoms with E-state index in [1.165, 1.54) is 11.3 Å². The van der Waals surface area contributed by atoms with Crippen LogP contribution >= 0.6 is 0 Å². The van der Waals surface area contributed by atoms with Gasteiger partial charge in [-0.25, -0.2) is 8.42 Å². The van der Waals surface area contributed by atoms with E-state index in [-0.39, 0.29) is 23.5 Å². The van der Waals surface area contributed by atoms with Gasteiger partial charge in [0.1, 0.15) is 0 Å². The van der Waals surface area contributed by atoms with Crippen LogP contribution in [0.15, 0.2) is 54.6 Å². The Morgan fingerprint density at radius 3 is 2.30 bits per heavy atom. The summed E-state index contributed by atoms with van der Waals surface area (Å²) in [5, 5.41) is 0. The van der Waals surface area contributed by atoms with Crippen molar-refractivity contribution in [2.45, 2.75) is 19.4 Å². The molecule has 2 aliphatic heterocycles. The van der Waals surface area contributed by atoms with Gasteiger partial charge in [0.15, 0.2) is 9.84 Å². The van der Waals surface area contributed by atoms with Gasteiger partial charge in [0, 0.05) is 37.6 Å². The summed E-state index contributed by atoms with van der Waals surface area (Å²) in [6, 6.07) is 17.6. The Kier molecular flexibility index (Phi) is 6.11. The Morgan fingerprint density at radius 2 is 1.67 bits per heavy atom. The van der Waals surface area contributed by atoms with E-state index in [2.05, 4.69) is 41.0 Å². The van der Waals surface area contributed by atoms with Crippen molar-refractivity contribution in [3.05, 3.63) is 60.2 Å². The maximum absolute atomic E-state index is 13.3. The summed E-state index contributed by atoms with van der Waals surface area (Å²) in [5.74, 6) is 0.186. The molecule has 2 saturated heterocycles. The summed E-state index contributed by atoms with van der Waals surface area (Å²) < 4.78 is 24.1. The smallest absolute Gasteiger partial charge is 0.241 e. The van der Waals surface area contributed by atoms with Gasteiger partial charge >= 0.3 is 0 Å². The standard InChI is InChI=1S/C23H29N3O3S/c1-19-7-5-6-10-22(19)25-14-12-24(13-15-25)17-23(27)26(20-8-3-2-4-9-20)21-11-16-30(28,29)18-21/h2-10,21H,11-18H2,1H3/t21-/m0/s1. The average Bonchev–Trinajstić information content (AvgIpc) is 3.09. The molecule has 4 rings (SSSR count). The highest BCUT2D eigenvalue weighted by Gasteiger charge is 2.36. The van der Waals surface area contributed by atoms with E-state index < -0.39 is 9.84 Å². The van der Waals surface area contributed by atoms with Gasteiger partial charge in [0.2, 0.25) is 5.91 Å². The van der Waals surface area contributed by atoms with E-state index in [1.54, 1.807) is 4.90 Å². The fourth-order valence-electron chi connectivity index (χ4n) is 4.46. The van der Waals surface area contributed by atoms with Crippen molar-refractivity contribution in [2.75, 3.05) is 54.0 Å². The Balaban J connectivity index is 1.43. The molecular formula is C23H29N3O3S. The lowest BCUT2D eigenvalue weighted by Gasteiger charge is -2.38. The first-order valence-electron chi connectivity index (χ1n) is 10.5. The number of carbonyl (C=O) groups excluding carboxylic acids is 1. The minimum absolute atomic E-state index is 0.0207. The molecule has 0 N–H and O–H groups in total. The normalized spacial score (nSPS) is 21.5. The zero-order valence-electron chi connectivity index (χ0n) is 17.4. The van der Waals surface area contributed by atoms with Crippen LogP contribution in [0.25, 0.3) is 0 Å². The number of sulfone groups is 1. The number of para-hydroxylation sites is 2.